The number of Topliss-reactive ketones (excluding diaryl/α,β-unsaturated/α-hetero) is 2. The molecule has 6 nitrogen and oxygen atoms in total. The largest absolute Gasteiger partial charge is 0.288 e. The van der Waals surface area contributed by atoms with E-state index in [1.54, 1.807) is 18.2 Å². The Balaban J connectivity index is 1.42. The highest BCUT2D eigenvalue weighted by Crippen LogP contribution is 2.51. The normalized spacial score (nSPS) is 14.5. The van der Waals surface area contributed by atoms with Crippen LogP contribution in [-0.4, -0.2) is 21.5 Å². The minimum atomic E-state index is -0.306. The second-order valence-corrected chi connectivity index (χ2v) is 12.9. The van der Waals surface area contributed by atoms with Crippen molar-refractivity contribution in [3.63, 3.8) is 0 Å². The molecule has 8 rings (SSSR count). The van der Waals surface area contributed by atoms with Gasteiger partial charge in [-0.3, -0.25) is 19.4 Å². The van der Waals surface area contributed by atoms with Crippen LogP contribution in [0.25, 0.3) is 21.8 Å². The first-order valence-electron chi connectivity index (χ1n) is 17.0. The van der Waals surface area contributed by atoms with Gasteiger partial charge in [0.05, 0.1) is 30.7 Å². The molecule has 0 amide bonds. The van der Waals surface area contributed by atoms with Crippen LogP contribution in [0.3, 0.4) is 0 Å². The number of rotatable bonds is 3. The summed E-state index contributed by atoms with van der Waals surface area (Å²) in [5.74, 6) is 1.13. The van der Waals surface area contributed by atoms with Gasteiger partial charge in [0.15, 0.2) is 23.2 Å². The molecule has 0 atom stereocenters. The maximum Gasteiger partial charge on any atom is 0.197 e. The topological polar surface area (TPSA) is 66.4 Å². The van der Waals surface area contributed by atoms with E-state index in [2.05, 4.69) is 65.8 Å². The molecule has 0 unspecified atom stereocenters. The molecule has 0 bridgehead atoms. The zero-order valence-corrected chi connectivity index (χ0v) is 27.7. The van der Waals surface area contributed by atoms with Gasteiger partial charge >= 0.3 is 0 Å². The number of benzene rings is 5. The smallest absolute Gasteiger partial charge is 0.197 e. The van der Waals surface area contributed by atoms with E-state index in [9.17, 15) is 9.59 Å². The van der Waals surface area contributed by atoms with Gasteiger partial charge in [-0.05, 0) is 111 Å². The van der Waals surface area contributed by atoms with Gasteiger partial charge in [-0.2, -0.15) is 0 Å². The Hall–Kier alpha value is -5.88. The Morgan fingerprint density at radius 2 is 1.00 bits per heavy atom. The van der Waals surface area contributed by atoms with Crippen LogP contribution in [0.1, 0.15) is 56.8 Å². The van der Waals surface area contributed by atoms with Crippen LogP contribution < -0.4 is 9.80 Å². The van der Waals surface area contributed by atoms with Crippen molar-refractivity contribution in [1.82, 2.24) is 9.97 Å². The van der Waals surface area contributed by atoms with Crippen molar-refractivity contribution < 1.29 is 12.3 Å². The molecule has 6 aromatic rings. The van der Waals surface area contributed by atoms with Gasteiger partial charge in [-0.1, -0.05) is 71.7 Å². The number of fused-ring (bicyclic) bond motifs is 4. The molecule has 0 fully saturated rings. The number of nitrogens with zero attached hydrogens (tertiary/aromatic N) is 4. The number of aryl methyl sites for hydroxylation is 6. The molecule has 6 heteroatoms. The highest BCUT2D eigenvalue weighted by Gasteiger charge is 2.40. The predicted molar refractivity (Wildman–Crippen MR) is 194 cm³/mol. The molecule has 0 spiro atoms. The van der Waals surface area contributed by atoms with Crippen LogP contribution in [0.15, 0.2) is 108 Å². The molecule has 1 aliphatic heterocycles. The number of aromatic nitrogens is 2. The zero-order valence-electron chi connectivity index (χ0n) is 29.7. The molecule has 2 aliphatic rings. The monoisotopic (exact) mass is 628 g/mol. The highest BCUT2D eigenvalue weighted by atomic mass is 16.2. The Labute approximate surface area is 282 Å². The number of carbonyl (C=O) groups is 2. The first kappa shape index (κ1) is 27.3. The third kappa shape index (κ3) is 4.48. The number of para-hydroxylation sites is 2. The van der Waals surface area contributed by atoms with Crippen LogP contribution in [-0.2, 0) is 0 Å². The van der Waals surface area contributed by atoms with E-state index in [0.29, 0.717) is 39.6 Å². The molecule has 0 saturated heterocycles. The number of hydrogen-bond acceptors (Lipinski definition) is 6. The Morgan fingerprint density at radius 1 is 0.583 bits per heavy atom. The average Bonchev–Trinajstić information content (AvgIpc) is 3.46. The molecule has 0 N–H and O–H groups in total. The van der Waals surface area contributed by atoms with Crippen LogP contribution >= 0.6 is 0 Å². The molecular weight excluding hydrogens is 592 g/mol. The van der Waals surface area contributed by atoms with Crippen LogP contribution in [0, 0.1) is 41.5 Å². The third-order valence-corrected chi connectivity index (χ3v) is 9.28. The van der Waals surface area contributed by atoms with E-state index in [4.69, 9.17) is 12.7 Å². The zero-order chi connectivity index (χ0) is 35.2. The second kappa shape index (κ2) is 10.8. The lowest BCUT2D eigenvalue weighted by molar-refractivity contribution is 0.0988. The number of carbonyl (C=O) groups excluding carboxylic acids is 2. The summed E-state index contributed by atoms with van der Waals surface area (Å²) in [6.07, 6.45) is 3.46. The molecule has 5 aromatic carbocycles. The summed E-state index contributed by atoms with van der Waals surface area (Å²) in [7, 11) is 0. The molecule has 1 aliphatic carbocycles. The summed E-state index contributed by atoms with van der Waals surface area (Å²) in [5, 5.41) is 1.81. The van der Waals surface area contributed by atoms with Crippen molar-refractivity contribution in [2.24, 2.45) is 0 Å². The maximum atomic E-state index is 13.9. The lowest BCUT2D eigenvalue weighted by Crippen LogP contribution is -2.24. The van der Waals surface area contributed by atoms with Gasteiger partial charge in [-0.15, -0.1) is 0 Å². The minimum absolute atomic E-state index is 0.0621. The number of allylic oxidation sites excluding steroid dienone is 3. The van der Waals surface area contributed by atoms with E-state index in [-0.39, 0.29) is 29.2 Å². The van der Waals surface area contributed by atoms with Gasteiger partial charge in [0.1, 0.15) is 5.82 Å². The first-order chi connectivity index (χ1) is 23.9. The number of hydrogen-bond donors (Lipinski definition) is 0. The third-order valence-electron chi connectivity index (χ3n) is 9.28. The molecular formula is C42H34N4O2. The number of ketones is 2. The maximum absolute atomic E-state index is 13.9. The van der Waals surface area contributed by atoms with Crippen LogP contribution in [0.2, 0.25) is 0 Å². The Kier molecular flexibility index (Phi) is 6.16. The van der Waals surface area contributed by atoms with Crippen molar-refractivity contribution in [2.45, 2.75) is 41.5 Å². The van der Waals surface area contributed by atoms with Crippen LogP contribution in [0.4, 0.5) is 23.0 Å². The van der Waals surface area contributed by atoms with Crippen molar-refractivity contribution in [1.29, 1.82) is 0 Å². The molecule has 48 heavy (non-hydrogen) atoms. The van der Waals surface area contributed by atoms with Crippen molar-refractivity contribution in [2.75, 3.05) is 9.80 Å². The fraction of sp³-hybridized carbons (Fsp3) is 0.143. The van der Waals surface area contributed by atoms with Gasteiger partial charge in [0.25, 0.3) is 0 Å². The lowest BCUT2D eigenvalue weighted by Gasteiger charge is -2.29. The van der Waals surface area contributed by atoms with Crippen molar-refractivity contribution in [3.05, 3.63) is 153 Å². The average molecular weight is 629 g/mol. The predicted octanol–water partition coefficient (Wildman–Crippen LogP) is 9.77. The molecule has 2 heterocycles. The van der Waals surface area contributed by atoms with E-state index in [0.717, 1.165) is 55.5 Å². The molecule has 0 saturated carbocycles. The van der Waals surface area contributed by atoms with Crippen LogP contribution in [0.5, 0.6) is 0 Å². The standard InChI is InChI=1S/C42H34N4O2/c1-23-17-25(3)37(26(4)18-23)45-36(16-15-31-39(47)32-21-29-11-7-8-12-30(29)22-33(32)40(31)48)46(38-27(5)19-24(2)20-28(38)6)42-41(45)43-34-13-9-10-14-35(34)44-42/h7-22H,1-6H3/i9D,10D. The second-order valence-electron chi connectivity index (χ2n) is 12.9. The lowest BCUT2D eigenvalue weighted by atomic mass is 10.0. The van der Waals surface area contributed by atoms with E-state index in [1.165, 1.54) is 0 Å². The summed E-state index contributed by atoms with van der Waals surface area (Å²) in [4.78, 5) is 42.1. The first-order valence-corrected chi connectivity index (χ1v) is 16.0. The van der Waals surface area contributed by atoms with Crippen molar-refractivity contribution >= 4 is 56.4 Å². The summed E-state index contributed by atoms with van der Waals surface area (Å²) in [5.41, 5.74) is 10.0. The van der Waals surface area contributed by atoms with Gasteiger partial charge in [-0.25, -0.2) is 9.97 Å². The van der Waals surface area contributed by atoms with Gasteiger partial charge < -0.3 is 0 Å². The minimum Gasteiger partial charge on any atom is -0.288 e. The SMILES string of the molecule is [2H]c1cc2nc3c(nc2cc1[2H])N(c1c(C)cc(C)cc1C)C(=CC=C1C(=O)c2cc4ccccc4cc2C1=O)N3c1c(C)cc(C)cc1C. The summed E-state index contributed by atoms with van der Waals surface area (Å²) in [6, 6.07) is 23.1. The number of anilines is 4. The fourth-order valence-electron chi connectivity index (χ4n) is 7.45. The van der Waals surface area contributed by atoms with E-state index >= 15 is 0 Å². The van der Waals surface area contributed by atoms with E-state index < -0.39 is 0 Å². The van der Waals surface area contributed by atoms with E-state index in [1.807, 2.05) is 52.3 Å². The summed E-state index contributed by atoms with van der Waals surface area (Å²) >= 11 is 0. The Bertz CT molecular complexity index is 2370. The van der Waals surface area contributed by atoms with Gasteiger partial charge in [0.2, 0.25) is 0 Å². The molecule has 0 radical (unpaired) electrons. The molecule has 1 aromatic heterocycles. The quantitative estimate of drug-likeness (QED) is 0.144. The Morgan fingerprint density at radius 3 is 1.42 bits per heavy atom. The highest BCUT2D eigenvalue weighted by molar-refractivity contribution is 6.40. The molecule has 234 valence electrons. The summed E-state index contributed by atoms with van der Waals surface area (Å²) < 4.78 is 16.7. The summed E-state index contributed by atoms with van der Waals surface area (Å²) in [6.45, 7) is 12.4. The van der Waals surface area contributed by atoms with Crippen molar-refractivity contribution in [3.8, 4) is 0 Å². The fourth-order valence-corrected chi connectivity index (χ4v) is 7.45. The van der Waals surface area contributed by atoms with Gasteiger partial charge in [0, 0.05) is 11.1 Å².